The van der Waals surface area contributed by atoms with E-state index in [2.05, 4.69) is 82.0 Å². The first-order chi connectivity index (χ1) is 9.90. The van der Waals surface area contributed by atoms with Gasteiger partial charge in [0.15, 0.2) is 0 Å². The molecule has 1 aromatic carbocycles. The molecule has 0 saturated carbocycles. The van der Waals surface area contributed by atoms with Gasteiger partial charge in [0.2, 0.25) is 0 Å². The Bertz CT molecular complexity index is 565. The van der Waals surface area contributed by atoms with Crippen molar-refractivity contribution in [2.75, 3.05) is 14.1 Å². The molecule has 114 valence electrons. The van der Waals surface area contributed by atoms with Crippen LogP contribution in [-0.2, 0) is 6.54 Å². The first-order valence-corrected chi connectivity index (χ1v) is 7.86. The number of rotatable bonds is 5. The van der Waals surface area contributed by atoms with E-state index in [1.54, 1.807) is 0 Å². The Morgan fingerprint density at radius 1 is 0.905 bits per heavy atom. The van der Waals surface area contributed by atoms with Crippen molar-refractivity contribution in [1.82, 2.24) is 9.88 Å². The van der Waals surface area contributed by atoms with Crippen LogP contribution in [0.2, 0.25) is 0 Å². The molecular formula is C19H28N2. The van der Waals surface area contributed by atoms with Gasteiger partial charge in [-0.05, 0) is 49.2 Å². The third kappa shape index (κ3) is 3.56. The Morgan fingerprint density at radius 2 is 1.48 bits per heavy atom. The van der Waals surface area contributed by atoms with Crippen molar-refractivity contribution in [3.63, 3.8) is 0 Å². The zero-order valence-electron chi connectivity index (χ0n) is 14.2. The Morgan fingerprint density at radius 3 is 1.95 bits per heavy atom. The van der Waals surface area contributed by atoms with Gasteiger partial charge in [0, 0.05) is 23.5 Å². The molecule has 0 aliphatic heterocycles. The van der Waals surface area contributed by atoms with Crippen LogP contribution in [0.25, 0.3) is 11.3 Å². The minimum atomic E-state index is 0.527. The summed E-state index contributed by atoms with van der Waals surface area (Å²) in [5.74, 6) is 1.05. The molecule has 0 atom stereocenters. The molecular weight excluding hydrogens is 256 g/mol. The van der Waals surface area contributed by atoms with Crippen LogP contribution in [0.3, 0.4) is 0 Å². The van der Waals surface area contributed by atoms with E-state index in [4.69, 9.17) is 0 Å². The summed E-state index contributed by atoms with van der Waals surface area (Å²) in [4.78, 5) is 5.80. The van der Waals surface area contributed by atoms with Gasteiger partial charge in [-0.1, -0.05) is 45.9 Å². The molecule has 2 heteroatoms. The van der Waals surface area contributed by atoms with Crippen molar-refractivity contribution >= 4 is 0 Å². The molecule has 0 aliphatic rings. The molecule has 0 spiro atoms. The van der Waals surface area contributed by atoms with Crippen molar-refractivity contribution < 1.29 is 0 Å². The average molecular weight is 284 g/mol. The van der Waals surface area contributed by atoms with Crippen LogP contribution in [0.4, 0.5) is 0 Å². The maximum atomic E-state index is 3.61. The molecule has 0 saturated heterocycles. The molecule has 0 aliphatic carbocycles. The number of hydrogen-bond acceptors (Lipinski definition) is 1. The van der Waals surface area contributed by atoms with Crippen molar-refractivity contribution in [1.29, 1.82) is 0 Å². The van der Waals surface area contributed by atoms with Crippen LogP contribution in [0.5, 0.6) is 0 Å². The van der Waals surface area contributed by atoms with Gasteiger partial charge >= 0.3 is 0 Å². The third-order valence-electron chi connectivity index (χ3n) is 3.88. The number of aromatic nitrogens is 1. The molecule has 2 rings (SSSR count). The molecule has 0 unspecified atom stereocenters. The van der Waals surface area contributed by atoms with Crippen LogP contribution in [0, 0.1) is 0 Å². The highest BCUT2D eigenvalue weighted by molar-refractivity contribution is 5.70. The van der Waals surface area contributed by atoms with Crippen LogP contribution in [0.15, 0.2) is 30.3 Å². The van der Waals surface area contributed by atoms with E-state index >= 15 is 0 Å². The first-order valence-electron chi connectivity index (χ1n) is 7.86. The highest BCUT2D eigenvalue weighted by Gasteiger charge is 2.16. The zero-order valence-corrected chi connectivity index (χ0v) is 14.2. The van der Waals surface area contributed by atoms with Gasteiger partial charge in [-0.25, -0.2) is 0 Å². The summed E-state index contributed by atoms with van der Waals surface area (Å²) in [5, 5.41) is 0. The minimum Gasteiger partial charge on any atom is -0.357 e. The molecule has 0 radical (unpaired) electrons. The first kappa shape index (κ1) is 15.8. The van der Waals surface area contributed by atoms with Gasteiger partial charge < -0.3 is 9.88 Å². The van der Waals surface area contributed by atoms with Gasteiger partial charge in [0.1, 0.15) is 0 Å². The zero-order chi connectivity index (χ0) is 15.6. The van der Waals surface area contributed by atoms with Crippen molar-refractivity contribution in [3.05, 3.63) is 47.2 Å². The maximum absolute atomic E-state index is 3.61. The predicted octanol–water partition coefficient (Wildman–Crippen LogP) is 4.99. The van der Waals surface area contributed by atoms with Crippen molar-refractivity contribution in [2.45, 2.75) is 46.1 Å². The largest absolute Gasteiger partial charge is 0.357 e. The van der Waals surface area contributed by atoms with Crippen LogP contribution in [0.1, 0.15) is 56.4 Å². The van der Waals surface area contributed by atoms with Crippen molar-refractivity contribution in [3.8, 4) is 11.3 Å². The second kappa shape index (κ2) is 6.48. The Balaban J connectivity index is 2.53. The monoisotopic (exact) mass is 284 g/mol. The lowest BCUT2D eigenvalue weighted by Crippen LogP contribution is -2.10. The molecule has 21 heavy (non-hydrogen) atoms. The molecule has 2 nitrogen and oxygen atoms in total. The van der Waals surface area contributed by atoms with Crippen molar-refractivity contribution in [2.24, 2.45) is 0 Å². The van der Waals surface area contributed by atoms with Crippen LogP contribution >= 0.6 is 0 Å². The van der Waals surface area contributed by atoms with E-state index < -0.39 is 0 Å². The summed E-state index contributed by atoms with van der Waals surface area (Å²) in [6.45, 7) is 10.0. The standard InChI is InChI=1S/C19H28N2/c1-13(2)16-8-7-9-17(14(3)4)19(16)18-11-10-15(20-18)12-21(5)6/h7-11,13-14,20H,12H2,1-6H3. The fraction of sp³-hybridized carbons (Fsp3) is 0.474. The lowest BCUT2D eigenvalue weighted by Gasteiger charge is -2.19. The quantitative estimate of drug-likeness (QED) is 0.819. The van der Waals surface area contributed by atoms with E-state index in [-0.39, 0.29) is 0 Å². The normalized spacial score (nSPS) is 11.9. The topological polar surface area (TPSA) is 19.0 Å². The summed E-state index contributed by atoms with van der Waals surface area (Å²) < 4.78 is 0. The average Bonchev–Trinajstić information content (AvgIpc) is 2.84. The van der Waals surface area contributed by atoms with Gasteiger partial charge in [0.25, 0.3) is 0 Å². The molecule has 0 amide bonds. The van der Waals surface area contributed by atoms with Gasteiger partial charge in [-0.2, -0.15) is 0 Å². The number of nitrogens with one attached hydrogen (secondary N) is 1. The second-order valence-corrected chi connectivity index (χ2v) is 6.76. The van der Waals surface area contributed by atoms with E-state index in [1.807, 2.05) is 0 Å². The fourth-order valence-electron chi connectivity index (χ4n) is 2.88. The number of benzene rings is 1. The fourth-order valence-corrected chi connectivity index (χ4v) is 2.88. The van der Waals surface area contributed by atoms with E-state index in [0.29, 0.717) is 11.8 Å². The van der Waals surface area contributed by atoms with Crippen LogP contribution < -0.4 is 0 Å². The lowest BCUT2D eigenvalue weighted by atomic mass is 9.87. The second-order valence-electron chi connectivity index (χ2n) is 6.76. The summed E-state index contributed by atoms with van der Waals surface area (Å²) >= 11 is 0. The number of nitrogens with zero attached hydrogens (tertiary/aromatic N) is 1. The predicted molar refractivity (Wildman–Crippen MR) is 91.8 cm³/mol. The van der Waals surface area contributed by atoms with Gasteiger partial charge in [0.05, 0.1) is 0 Å². The molecule has 2 aromatic rings. The summed E-state index contributed by atoms with van der Waals surface area (Å²) in [6.07, 6.45) is 0. The SMILES string of the molecule is CC(C)c1cccc(C(C)C)c1-c1ccc(CN(C)C)[nH]1. The molecule has 1 aromatic heterocycles. The summed E-state index contributed by atoms with van der Waals surface area (Å²) in [6, 6.07) is 11.1. The van der Waals surface area contributed by atoms with Gasteiger partial charge in [-0.15, -0.1) is 0 Å². The molecule has 0 fully saturated rings. The van der Waals surface area contributed by atoms with E-state index in [0.717, 1.165) is 6.54 Å². The highest BCUT2D eigenvalue weighted by atomic mass is 15.1. The Labute approximate surface area is 129 Å². The van der Waals surface area contributed by atoms with Gasteiger partial charge in [-0.3, -0.25) is 0 Å². The lowest BCUT2D eigenvalue weighted by molar-refractivity contribution is 0.398. The smallest absolute Gasteiger partial charge is 0.0462 e. The highest BCUT2D eigenvalue weighted by Crippen LogP contribution is 2.35. The van der Waals surface area contributed by atoms with E-state index in [1.165, 1.54) is 28.1 Å². The number of aromatic amines is 1. The summed E-state index contributed by atoms with van der Waals surface area (Å²) in [5.41, 5.74) is 6.77. The van der Waals surface area contributed by atoms with E-state index in [9.17, 15) is 0 Å². The molecule has 0 bridgehead atoms. The molecule has 1 heterocycles. The maximum Gasteiger partial charge on any atom is 0.0462 e. The molecule has 1 N–H and O–H groups in total. The number of hydrogen-bond donors (Lipinski definition) is 1. The third-order valence-corrected chi connectivity index (χ3v) is 3.88. The minimum absolute atomic E-state index is 0.527. The number of H-pyrrole nitrogens is 1. The van der Waals surface area contributed by atoms with Crippen LogP contribution in [-0.4, -0.2) is 24.0 Å². The Kier molecular flexibility index (Phi) is 4.89. The summed E-state index contributed by atoms with van der Waals surface area (Å²) in [7, 11) is 4.20. The Hall–Kier alpha value is -1.54.